The lowest BCUT2D eigenvalue weighted by Gasteiger charge is -2.21. The number of hydrogen-bond donors (Lipinski definition) is 1. The molecule has 1 aromatic rings. The predicted molar refractivity (Wildman–Crippen MR) is 59.7 cm³/mol. The highest BCUT2D eigenvalue weighted by molar-refractivity contribution is 7.99. The van der Waals surface area contributed by atoms with Gasteiger partial charge >= 0.3 is 6.03 Å². The minimum atomic E-state index is -0.0103. The van der Waals surface area contributed by atoms with Crippen molar-refractivity contribution in [2.45, 2.75) is 12.3 Å². The van der Waals surface area contributed by atoms with Crippen molar-refractivity contribution in [3.63, 3.8) is 0 Å². The van der Waals surface area contributed by atoms with E-state index in [4.69, 9.17) is 4.42 Å². The summed E-state index contributed by atoms with van der Waals surface area (Å²) in [6, 6.07) is 3.75. The molecular weight excluding hydrogens is 212 g/mol. The Kier molecular flexibility index (Phi) is 3.20. The molecule has 0 bridgehead atoms. The molecule has 1 atom stereocenters. The summed E-state index contributed by atoms with van der Waals surface area (Å²) in [5.74, 6) is 1.81. The minimum absolute atomic E-state index is 0.0103. The summed E-state index contributed by atoms with van der Waals surface area (Å²) in [6.07, 6.45) is 1.64. The maximum absolute atomic E-state index is 11.7. The van der Waals surface area contributed by atoms with E-state index in [9.17, 15) is 4.79 Å². The van der Waals surface area contributed by atoms with E-state index in [1.807, 2.05) is 24.0 Å². The van der Waals surface area contributed by atoms with Crippen LogP contribution in [0.1, 0.15) is 18.1 Å². The number of rotatable bonds is 2. The number of urea groups is 1. The average Bonchev–Trinajstić information content (AvgIpc) is 2.88. The summed E-state index contributed by atoms with van der Waals surface area (Å²) in [4.78, 5) is 13.5. The maximum atomic E-state index is 11.7. The highest BCUT2D eigenvalue weighted by Gasteiger charge is 2.31. The van der Waals surface area contributed by atoms with Gasteiger partial charge in [-0.2, -0.15) is 0 Å². The second-order valence-electron chi connectivity index (χ2n) is 3.27. The second-order valence-corrected chi connectivity index (χ2v) is 4.46. The fourth-order valence-corrected chi connectivity index (χ4v) is 2.80. The Balaban J connectivity index is 2.08. The molecule has 4 nitrogen and oxygen atoms in total. The van der Waals surface area contributed by atoms with Gasteiger partial charge in [-0.25, -0.2) is 4.79 Å². The molecule has 0 spiro atoms. The standard InChI is InChI=1S/C10H14N2O2S/c1-2-11-10(13)12-5-7-15-9(12)8-4-3-6-14-8/h3-4,6,9H,2,5,7H2,1H3,(H,11,13). The lowest BCUT2D eigenvalue weighted by Crippen LogP contribution is -2.39. The SMILES string of the molecule is CCNC(=O)N1CCSC1c1ccco1. The zero-order valence-electron chi connectivity index (χ0n) is 8.60. The number of nitrogens with zero attached hydrogens (tertiary/aromatic N) is 1. The Morgan fingerprint density at radius 2 is 2.67 bits per heavy atom. The Labute approximate surface area is 93.0 Å². The van der Waals surface area contributed by atoms with Gasteiger partial charge in [-0.3, -0.25) is 0 Å². The molecule has 1 fully saturated rings. The number of hydrogen-bond acceptors (Lipinski definition) is 3. The molecular formula is C10H14N2O2S. The quantitative estimate of drug-likeness (QED) is 0.839. The monoisotopic (exact) mass is 226 g/mol. The van der Waals surface area contributed by atoms with Crippen LogP contribution in [0.25, 0.3) is 0 Å². The second kappa shape index (κ2) is 4.61. The van der Waals surface area contributed by atoms with Crippen LogP contribution in [-0.2, 0) is 0 Å². The predicted octanol–water partition coefficient (Wildman–Crippen LogP) is 2.06. The third-order valence-electron chi connectivity index (χ3n) is 2.27. The van der Waals surface area contributed by atoms with Gasteiger partial charge in [0.15, 0.2) is 0 Å². The molecule has 2 heterocycles. The van der Waals surface area contributed by atoms with Crippen molar-refractivity contribution in [2.75, 3.05) is 18.8 Å². The van der Waals surface area contributed by atoms with Crippen molar-refractivity contribution in [1.29, 1.82) is 0 Å². The molecule has 82 valence electrons. The van der Waals surface area contributed by atoms with Crippen molar-refractivity contribution in [2.24, 2.45) is 0 Å². The number of nitrogens with one attached hydrogen (secondary N) is 1. The van der Waals surface area contributed by atoms with Gasteiger partial charge in [0.25, 0.3) is 0 Å². The van der Waals surface area contributed by atoms with Crippen LogP contribution in [0.3, 0.4) is 0 Å². The van der Waals surface area contributed by atoms with Crippen molar-refractivity contribution in [1.82, 2.24) is 10.2 Å². The normalized spacial score (nSPS) is 20.6. The van der Waals surface area contributed by atoms with Crippen LogP contribution in [0.5, 0.6) is 0 Å². The van der Waals surface area contributed by atoms with Gasteiger partial charge in [-0.05, 0) is 19.1 Å². The summed E-state index contributed by atoms with van der Waals surface area (Å²) in [5, 5.41) is 2.85. The molecule has 15 heavy (non-hydrogen) atoms. The van der Waals surface area contributed by atoms with Gasteiger partial charge < -0.3 is 14.6 Å². The van der Waals surface area contributed by atoms with Gasteiger partial charge in [0.05, 0.1) is 6.26 Å². The molecule has 5 heteroatoms. The van der Waals surface area contributed by atoms with Gasteiger partial charge in [0.2, 0.25) is 0 Å². The Morgan fingerprint density at radius 1 is 1.80 bits per heavy atom. The molecule has 1 aliphatic rings. The van der Waals surface area contributed by atoms with Gasteiger partial charge in [0, 0.05) is 18.8 Å². The van der Waals surface area contributed by atoms with Crippen LogP contribution in [0.2, 0.25) is 0 Å². The van der Waals surface area contributed by atoms with E-state index >= 15 is 0 Å². The third-order valence-corrected chi connectivity index (χ3v) is 3.49. The van der Waals surface area contributed by atoms with Crippen molar-refractivity contribution in [3.05, 3.63) is 24.2 Å². The first kappa shape index (κ1) is 10.4. The molecule has 0 radical (unpaired) electrons. The number of thioether (sulfide) groups is 1. The van der Waals surface area contributed by atoms with E-state index in [-0.39, 0.29) is 11.4 Å². The smallest absolute Gasteiger partial charge is 0.318 e. The molecule has 1 saturated heterocycles. The van der Waals surface area contributed by atoms with Crippen LogP contribution in [0.15, 0.2) is 22.8 Å². The summed E-state index contributed by atoms with van der Waals surface area (Å²) in [6.45, 7) is 3.36. The van der Waals surface area contributed by atoms with E-state index in [1.54, 1.807) is 18.0 Å². The highest BCUT2D eigenvalue weighted by Crippen LogP contribution is 2.37. The molecule has 0 aliphatic carbocycles. The zero-order valence-corrected chi connectivity index (χ0v) is 9.42. The third kappa shape index (κ3) is 2.12. The Hall–Kier alpha value is -1.10. The van der Waals surface area contributed by atoms with E-state index in [0.717, 1.165) is 18.1 Å². The number of carbonyl (C=O) groups is 1. The van der Waals surface area contributed by atoms with Gasteiger partial charge in [0.1, 0.15) is 11.1 Å². The Morgan fingerprint density at radius 3 is 3.33 bits per heavy atom. The first-order valence-electron chi connectivity index (χ1n) is 5.02. The fraction of sp³-hybridized carbons (Fsp3) is 0.500. The lowest BCUT2D eigenvalue weighted by molar-refractivity contribution is 0.196. The summed E-state index contributed by atoms with van der Waals surface area (Å²) in [7, 11) is 0. The number of amides is 2. The van der Waals surface area contributed by atoms with Crippen LogP contribution < -0.4 is 5.32 Å². The largest absolute Gasteiger partial charge is 0.466 e. The average molecular weight is 226 g/mol. The molecule has 1 aliphatic heterocycles. The topological polar surface area (TPSA) is 45.5 Å². The van der Waals surface area contributed by atoms with Gasteiger partial charge in [-0.1, -0.05) is 0 Å². The molecule has 0 aromatic carbocycles. The van der Waals surface area contributed by atoms with E-state index in [1.165, 1.54) is 0 Å². The van der Waals surface area contributed by atoms with E-state index in [0.29, 0.717) is 6.54 Å². The fourth-order valence-electron chi connectivity index (χ4n) is 1.60. The van der Waals surface area contributed by atoms with E-state index in [2.05, 4.69) is 5.32 Å². The van der Waals surface area contributed by atoms with Crippen molar-refractivity contribution in [3.8, 4) is 0 Å². The molecule has 1 aromatic heterocycles. The van der Waals surface area contributed by atoms with Crippen LogP contribution in [0, 0.1) is 0 Å². The van der Waals surface area contributed by atoms with Crippen molar-refractivity contribution < 1.29 is 9.21 Å². The highest BCUT2D eigenvalue weighted by atomic mass is 32.2. The molecule has 2 rings (SSSR count). The number of furan rings is 1. The first-order chi connectivity index (χ1) is 7.33. The van der Waals surface area contributed by atoms with Gasteiger partial charge in [-0.15, -0.1) is 11.8 Å². The first-order valence-corrected chi connectivity index (χ1v) is 6.07. The molecule has 2 amide bonds. The summed E-state index contributed by atoms with van der Waals surface area (Å²) in [5.41, 5.74) is 0. The lowest BCUT2D eigenvalue weighted by atomic mass is 10.4. The molecule has 1 N–H and O–H groups in total. The molecule has 1 unspecified atom stereocenters. The minimum Gasteiger partial charge on any atom is -0.466 e. The Bertz CT molecular complexity index is 326. The zero-order chi connectivity index (χ0) is 10.7. The summed E-state index contributed by atoms with van der Waals surface area (Å²) < 4.78 is 5.33. The van der Waals surface area contributed by atoms with Crippen molar-refractivity contribution >= 4 is 17.8 Å². The molecule has 0 saturated carbocycles. The van der Waals surface area contributed by atoms with E-state index < -0.39 is 0 Å². The maximum Gasteiger partial charge on any atom is 0.318 e. The van der Waals surface area contributed by atoms with Crippen LogP contribution in [0.4, 0.5) is 4.79 Å². The number of carbonyl (C=O) groups excluding carboxylic acids is 1. The van der Waals surface area contributed by atoms with Crippen LogP contribution in [-0.4, -0.2) is 29.8 Å². The van der Waals surface area contributed by atoms with Crippen LogP contribution >= 0.6 is 11.8 Å². The summed E-state index contributed by atoms with van der Waals surface area (Å²) >= 11 is 1.73.